The Morgan fingerprint density at radius 2 is 2.00 bits per heavy atom. The van der Waals surface area contributed by atoms with Gasteiger partial charge in [-0.25, -0.2) is 0 Å². The predicted molar refractivity (Wildman–Crippen MR) is 63.3 cm³/mol. The molecule has 0 spiro atoms. The van der Waals surface area contributed by atoms with E-state index in [0.29, 0.717) is 5.92 Å². The third kappa shape index (κ3) is 4.08. The van der Waals surface area contributed by atoms with Gasteiger partial charge in [0.1, 0.15) is 0 Å². The maximum absolute atomic E-state index is 3.73. The van der Waals surface area contributed by atoms with Crippen molar-refractivity contribution in [3.05, 3.63) is 60.7 Å². The van der Waals surface area contributed by atoms with Crippen LogP contribution in [0.5, 0.6) is 0 Å². The van der Waals surface area contributed by atoms with E-state index in [4.69, 9.17) is 0 Å². The summed E-state index contributed by atoms with van der Waals surface area (Å²) in [5.74, 6) is 0.608. The molecule has 0 amide bonds. The standard InChI is InChI=1S/C14H18/c1-3-8-13(2)9-7-12-14-10-5-4-6-11-14/h3-7,9-11,13H,1,8,12H2,2H3/b9-7+. The fourth-order valence-corrected chi connectivity index (χ4v) is 1.39. The molecule has 0 radical (unpaired) electrons. The molecule has 0 saturated carbocycles. The zero-order valence-electron chi connectivity index (χ0n) is 8.82. The van der Waals surface area contributed by atoms with Crippen LogP contribution in [-0.2, 0) is 6.42 Å². The molecule has 14 heavy (non-hydrogen) atoms. The lowest BCUT2D eigenvalue weighted by molar-refractivity contribution is 0.743. The minimum absolute atomic E-state index is 0.608. The molecular weight excluding hydrogens is 168 g/mol. The monoisotopic (exact) mass is 186 g/mol. The lowest BCUT2D eigenvalue weighted by atomic mass is 10.1. The summed E-state index contributed by atoms with van der Waals surface area (Å²) >= 11 is 0. The Labute approximate surface area is 87.0 Å². The molecule has 1 atom stereocenters. The van der Waals surface area contributed by atoms with E-state index in [1.54, 1.807) is 0 Å². The summed E-state index contributed by atoms with van der Waals surface area (Å²) in [5.41, 5.74) is 1.37. The first-order valence-electron chi connectivity index (χ1n) is 5.14. The van der Waals surface area contributed by atoms with Crippen molar-refractivity contribution in [3.8, 4) is 0 Å². The Morgan fingerprint density at radius 3 is 2.64 bits per heavy atom. The molecule has 0 aliphatic rings. The molecule has 1 aromatic rings. The highest BCUT2D eigenvalue weighted by molar-refractivity contribution is 5.17. The second kappa shape index (κ2) is 6.20. The van der Waals surface area contributed by atoms with E-state index in [0.717, 1.165) is 12.8 Å². The zero-order chi connectivity index (χ0) is 10.2. The summed E-state index contributed by atoms with van der Waals surface area (Å²) in [6, 6.07) is 10.5. The van der Waals surface area contributed by atoms with Crippen molar-refractivity contribution in [1.82, 2.24) is 0 Å². The van der Waals surface area contributed by atoms with Crippen molar-refractivity contribution in [3.63, 3.8) is 0 Å². The van der Waals surface area contributed by atoms with Crippen LogP contribution in [0.3, 0.4) is 0 Å². The summed E-state index contributed by atoms with van der Waals surface area (Å²) in [7, 11) is 0. The van der Waals surface area contributed by atoms with E-state index >= 15 is 0 Å². The average Bonchev–Trinajstić information content (AvgIpc) is 2.20. The van der Waals surface area contributed by atoms with Crippen LogP contribution in [0.1, 0.15) is 18.9 Å². The minimum Gasteiger partial charge on any atom is -0.103 e. The molecule has 1 unspecified atom stereocenters. The summed E-state index contributed by atoms with van der Waals surface area (Å²) in [6.07, 6.45) is 8.56. The maximum atomic E-state index is 3.73. The molecule has 0 fully saturated rings. The topological polar surface area (TPSA) is 0 Å². The van der Waals surface area contributed by atoms with Gasteiger partial charge in [0.2, 0.25) is 0 Å². The van der Waals surface area contributed by atoms with Crippen LogP contribution in [0.2, 0.25) is 0 Å². The molecule has 0 N–H and O–H groups in total. The van der Waals surface area contributed by atoms with Crippen molar-refractivity contribution in [1.29, 1.82) is 0 Å². The zero-order valence-corrected chi connectivity index (χ0v) is 8.82. The first-order valence-corrected chi connectivity index (χ1v) is 5.14. The summed E-state index contributed by atoms with van der Waals surface area (Å²) in [5, 5.41) is 0. The van der Waals surface area contributed by atoms with Crippen LogP contribution in [0.4, 0.5) is 0 Å². The van der Waals surface area contributed by atoms with Crippen LogP contribution >= 0.6 is 0 Å². The molecule has 0 aromatic heterocycles. The van der Waals surface area contributed by atoms with Gasteiger partial charge in [-0.05, 0) is 24.3 Å². The molecule has 1 rings (SSSR count). The predicted octanol–water partition coefficient (Wildman–Crippen LogP) is 4.00. The SMILES string of the molecule is C=CCC(C)/C=C/Cc1ccccc1. The van der Waals surface area contributed by atoms with Gasteiger partial charge in [-0.2, -0.15) is 0 Å². The second-order valence-electron chi connectivity index (χ2n) is 3.62. The van der Waals surface area contributed by atoms with Gasteiger partial charge in [0.05, 0.1) is 0 Å². The number of hydrogen-bond acceptors (Lipinski definition) is 0. The normalized spacial score (nSPS) is 12.9. The average molecular weight is 186 g/mol. The number of allylic oxidation sites excluding steroid dienone is 3. The third-order valence-electron chi connectivity index (χ3n) is 2.20. The van der Waals surface area contributed by atoms with Gasteiger partial charge in [-0.1, -0.05) is 55.5 Å². The van der Waals surface area contributed by atoms with Crippen molar-refractivity contribution in [2.45, 2.75) is 19.8 Å². The minimum atomic E-state index is 0.608. The molecule has 0 aliphatic carbocycles. The lowest BCUT2D eigenvalue weighted by Gasteiger charge is -2.00. The molecule has 74 valence electrons. The molecule has 0 aliphatic heterocycles. The van der Waals surface area contributed by atoms with E-state index in [-0.39, 0.29) is 0 Å². The van der Waals surface area contributed by atoms with Gasteiger partial charge in [-0.15, -0.1) is 6.58 Å². The Morgan fingerprint density at radius 1 is 1.29 bits per heavy atom. The van der Waals surface area contributed by atoms with Crippen LogP contribution in [0.15, 0.2) is 55.1 Å². The van der Waals surface area contributed by atoms with Crippen LogP contribution < -0.4 is 0 Å². The Balaban J connectivity index is 2.37. The first kappa shape index (κ1) is 10.8. The Hall–Kier alpha value is -1.30. The highest BCUT2D eigenvalue weighted by Gasteiger charge is 1.91. The van der Waals surface area contributed by atoms with Crippen molar-refractivity contribution in [2.24, 2.45) is 5.92 Å². The van der Waals surface area contributed by atoms with Gasteiger partial charge in [0, 0.05) is 0 Å². The number of hydrogen-bond donors (Lipinski definition) is 0. The van der Waals surface area contributed by atoms with Crippen molar-refractivity contribution < 1.29 is 0 Å². The van der Waals surface area contributed by atoms with Crippen molar-refractivity contribution >= 4 is 0 Å². The van der Waals surface area contributed by atoms with E-state index < -0.39 is 0 Å². The Kier molecular flexibility index (Phi) is 4.77. The van der Waals surface area contributed by atoms with Gasteiger partial charge in [0.25, 0.3) is 0 Å². The van der Waals surface area contributed by atoms with Crippen LogP contribution in [-0.4, -0.2) is 0 Å². The van der Waals surface area contributed by atoms with Gasteiger partial charge in [-0.3, -0.25) is 0 Å². The van der Waals surface area contributed by atoms with Gasteiger partial charge < -0.3 is 0 Å². The van der Waals surface area contributed by atoms with Crippen LogP contribution in [0.25, 0.3) is 0 Å². The van der Waals surface area contributed by atoms with E-state index in [9.17, 15) is 0 Å². The lowest BCUT2D eigenvalue weighted by Crippen LogP contribution is -1.86. The quantitative estimate of drug-likeness (QED) is 0.610. The van der Waals surface area contributed by atoms with Gasteiger partial charge >= 0.3 is 0 Å². The van der Waals surface area contributed by atoms with Crippen LogP contribution in [0, 0.1) is 5.92 Å². The Bertz CT molecular complexity index is 282. The fourth-order valence-electron chi connectivity index (χ4n) is 1.39. The molecule has 0 bridgehead atoms. The molecule has 1 aromatic carbocycles. The first-order chi connectivity index (χ1) is 6.83. The van der Waals surface area contributed by atoms with Gasteiger partial charge in [0.15, 0.2) is 0 Å². The van der Waals surface area contributed by atoms with E-state index in [2.05, 4.69) is 49.9 Å². The molecular formula is C14H18. The number of benzene rings is 1. The molecule has 0 heterocycles. The molecule has 0 heteroatoms. The number of rotatable bonds is 5. The van der Waals surface area contributed by atoms with Crippen molar-refractivity contribution in [2.75, 3.05) is 0 Å². The smallest absolute Gasteiger partial charge is 0.00974 e. The van der Waals surface area contributed by atoms with E-state index in [1.165, 1.54) is 5.56 Å². The molecule has 0 saturated heterocycles. The second-order valence-corrected chi connectivity index (χ2v) is 3.62. The highest BCUT2D eigenvalue weighted by Crippen LogP contribution is 2.06. The fraction of sp³-hybridized carbons (Fsp3) is 0.286. The summed E-state index contributed by atoms with van der Waals surface area (Å²) in [4.78, 5) is 0. The largest absolute Gasteiger partial charge is 0.103 e. The maximum Gasteiger partial charge on any atom is -0.00974 e. The summed E-state index contributed by atoms with van der Waals surface area (Å²) < 4.78 is 0. The highest BCUT2D eigenvalue weighted by atomic mass is 14.0. The van der Waals surface area contributed by atoms with E-state index in [1.807, 2.05) is 12.1 Å². The summed E-state index contributed by atoms with van der Waals surface area (Å²) in [6.45, 7) is 5.94. The molecule has 0 nitrogen and oxygen atoms in total. The third-order valence-corrected chi connectivity index (χ3v) is 2.20.